The van der Waals surface area contributed by atoms with Gasteiger partial charge in [0, 0.05) is 61.0 Å². The third-order valence-corrected chi connectivity index (χ3v) is 11.5. The third kappa shape index (κ3) is 8.88. The van der Waals surface area contributed by atoms with Crippen molar-refractivity contribution in [2.24, 2.45) is 0 Å². The van der Waals surface area contributed by atoms with Crippen LogP contribution in [0.4, 0.5) is 11.9 Å². The molecule has 0 atom stereocenters. The molecule has 0 aliphatic carbocycles. The van der Waals surface area contributed by atoms with Crippen molar-refractivity contribution in [2.45, 2.75) is 44.9 Å². The normalized spacial score (nSPS) is 13.1. The number of hydrogen-bond acceptors (Lipinski definition) is 16. The quantitative estimate of drug-likeness (QED) is 0.150. The molecule has 8 heterocycles. The maximum atomic E-state index is 9.47. The summed E-state index contributed by atoms with van der Waals surface area (Å²) in [7, 11) is 3.21. The van der Waals surface area contributed by atoms with Gasteiger partial charge >= 0.3 is 0 Å². The van der Waals surface area contributed by atoms with Gasteiger partial charge in [0.2, 0.25) is 11.9 Å². The number of rotatable bonds is 8. The molecule has 0 fully saturated rings. The molecular formula is C47H43ClN16O2. The molecule has 330 valence electrons. The van der Waals surface area contributed by atoms with Crippen LogP contribution >= 0.6 is 11.6 Å². The van der Waals surface area contributed by atoms with Crippen LogP contribution in [0.2, 0.25) is 0 Å². The summed E-state index contributed by atoms with van der Waals surface area (Å²) >= 11 is 5.94. The van der Waals surface area contributed by atoms with E-state index in [2.05, 4.69) is 79.9 Å². The van der Waals surface area contributed by atoms with Gasteiger partial charge in [0.05, 0.1) is 60.2 Å². The highest BCUT2D eigenvalue weighted by Crippen LogP contribution is 2.28. The van der Waals surface area contributed by atoms with E-state index < -0.39 is 0 Å². The molecule has 66 heavy (non-hydrogen) atoms. The molecule has 4 N–H and O–H groups in total. The Bertz CT molecular complexity index is 3300. The zero-order valence-electron chi connectivity index (χ0n) is 36.1. The topological polar surface area (TPSA) is 231 Å². The number of alkyl halides is 1. The van der Waals surface area contributed by atoms with Gasteiger partial charge in [-0.2, -0.15) is 19.6 Å². The molecule has 3 aromatic carbocycles. The number of nitrogens with two attached hydrogens (primary N) is 1. The zero-order valence-corrected chi connectivity index (χ0v) is 36.9. The summed E-state index contributed by atoms with van der Waals surface area (Å²) in [6.45, 7) is 4.77. The monoisotopic (exact) mass is 898 g/mol. The van der Waals surface area contributed by atoms with Crippen molar-refractivity contribution in [1.29, 1.82) is 10.5 Å². The van der Waals surface area contributed by atoms with Crippen molar-refractivity contribution in [1.82, 2.24) is 59.3 Å². The van der Waals surface area contributed by atoms with Crippen LogP contribution in [0.5, 0.6) is 11.5 Å². The van der Waals surface area contributed by atoms with Gasteiger partial charge in [-0.15, -0.1) is 21.8 Å². The Morgan fingerprint density at radius 1 is 0.773 bits per heavy atom. The van der Waals surface area contributed by atoms with Crippen LogP contribution < -0.4 is 25.8 Å². The maximum absolute atomic E-state index is 9.47. The van der Waals surface area contributed by atoms with Gasteiger partial charge in [-0.3, -0.25) is 14.9 Å². The SMILES string of the molecule is COc1ccc(CNc2nc3c(C#N)cccc3c3nc(CCl)nn23)c(OC)c1.N#Cc1cccc2c1nc(N)n1nc(CN3CCc4cccnc4C3)nc21.c1cnc2c(c1)CCNC2. The molecule has 0 bridgehead atoms. The first-order valence-electron chi connectivity index (χ1n) is 21.1. The van der Waals surface area contributed by atoms with Gasteiger partial charge in [0.15, 0.2) is 22.9 Å². The molecule has 0 saturated heterocycles. The minimum atomic E-state index is 0.173. The largest absolute Gasteiger partial charge is 0.497 e. The number of nitrogens with zero attached hydrogens (tertiary/aromatic N) is 13. The fraction of sp³-hybridized carbons (Fsp3) is 0.234. The predicted octanol–water partition coefficient (Wildman–Crippen LogP) is 5.93. The van der Waals surface area contributed by atoms with E-state index in [0.717, 1.165) is 61.1 Å². The molecule has 11 rings (SSSR count). The molecule has 0 spiro atoms. The number of pyridine rings is 2. The first-order chi connectivity index (χ1) is 32.4. The number of methoxy groups -OCH3 is 2. The number of hydrogen-bond donors (Lipinski definition) is 3. The lowest BCUT2D eigenvalue weighted by molar-refractivity contribution is 0.236. The van der Waals surface area contributed by atoms with Gasteiger partial charge in [-0.1, -0.05) is 24.3 Å². The zero-order chi connectivity index (χ0) is 45.6. The third-order valence-electron chi connectivity index (χ3n) is 11.3. The van der Waals surface area contributed by atoms with Crippen molar-refractivity contribution in [2.75, 3.05) is 38.4 Å². The van der Waals surface area contributed by atoms with E-state index in [0.29, 0.717) is 75.6 Å². The number of nitriles is 2. The van der Waals surface area contributed by atoms with E-state index in [1.165, 1.54) is 16.8 Å². The molecule has 2 aliphatic rings. The van der Waals surface area contributed by atoms with Crippen LogP contribution in [0.1, 0.15) is 50.9 Å². The highest BCUT2D eigenvalue weighted by Gasteiger charge is 2.21. The number of nitrogen functional groups attached to an aromatic ring is 1. The highest BCUT2D eigenvalue weighted by atomic mass is 35.5. The summed E-state index contributed by atoms with van der Waals surface area (Å²) in [4.78, 5) is 29.2. The van der Waals surface area contributed by atoms with Crippen molar-refractivity contribution < 1.29 is 9.47 Å². The minimum Gasteiger partial charge on any atom is -0.497 e. The smallest absolute Gasteiger partial charge is 0.226 e. The minimum absolute atomic E-state index is 0.173. The Morgan fingerprint density at radius 2 is 1.45 bits per heavy atom. The molecule has 19 heteroatoms. The lowest BCUT2D eigenvalue weighted by Crippen LogP contribution is -2.31. The van der Waals surface area contributed by atoms with Crippen molar-refractivity contribution in [3.8, 4) is 23.6 Å². The second-order valence-electron chi connectivity index (χ2n) is 15.3. The molecule has 0 unspecified atom stereocenters. The Balaban J connectivity index is 0.000000137. The number of anilines is 2. The molecule has 0 saturated carbocycles. The standard InChI is InChI=1S/C20H17ClN6O2.C19H16N8.C8H10N2/c1-28-14-7-6-13(16(8-14)29-2)11-23-20-25-18-12(10-22)4-3-5-15(18)19-24-17(9-21)26-27(19)20;20-9-13-3-1-5-14-17(13)24-19(21)27-18(14)23-16(25-27)11-26-8-6-12-4-2-7-22-15(12)10-26;1-2-7-3-5-9-6-8(7)10-4-1/h3-8H,9,11H2,1-2H3,(H,23,25);1-5,7H,6,8,10-11H2,(H2,21,24);1-2,4,9H,3,5-6H2. The average Bonchev–Trinajstić information content (AvgIpc) is 4.02. The van der Waals surface area contributed by atoms with Crippen LogP contribution in [0.25, 0.3) is 33.1 Å². The predicted molar refractivity (Wildman–Crippen MR) is 249 cm³/mol. The molecule has 6 aromatic heterocycles. The van der Waals surface area contributed by atoms with E-state index in [4.69, 9.17) is 26.8 Å². The molecule has 0 radical (unpaired) electrons. The first kappa shape index (κ1) is 43.2. The molecule has 0 amide bonds. The fourth-order valence-corrected chi connectivity index (χ4v) is 8.11. The number of aromatic nitrogens is 10. The van der Waals surface area contributed by atoms with Gasteiger partial charge in [0.25, 0.3) is 0 Å². The molecular weight excluding hydrogens is 856 g/mol. The summed E-state index contributed by atoms with van der Waals surface area (Å²) in [5.74, 6) is 3.41. The summed E-state index contributed by atoms with van der Waals surface area (Å²) in [5.41, 5.74) is 15.3. The lowest BCUT2D eigenvalue weighted by Gasteiger charge is -2.26. The second-order valence-corrected chi connectivity index (χ2v) is 15.6. The van der Waals surface area contributed by atoms with E-state index in [-0.39, 0.29) is 11.8 Å². The first-order valence-corrected chi connectivity index (χ1v) is 21.6. The summed E-state index contributed by atoms with van der Waals surface area (Å²) in [6, 6.07) is 29.0. The van der Waals surface area contributed by atoms with Gasteiger partial charge in [0.1, 0.15) is 23.6 Å². The van der Waals surface area contributed by atoms with Gasteiger partial charge in [-0.25, -0.2) is 19.9 Å². The molecule has 18 nitrogen and oxygen atoms in total. The number of nitrogens with one attached hydrogen (secondary N) is 2. The van der Waals surface area contributed by atoms with E-state index in [9.17, 15) is 10.5 Å². The van der Waals surface area contributed by atoms with Crippen LogP contribution in [0.15, 0.2) is 91.3 Å². The van der Waals surface area contributed by atoms with E-state index in [1.54, 1.807) is 41.4 Å². The van der Waals surface area contributed by atoms with Crippen molar-refractivity contribution in [3.63, 3.8) is 0 Å². The number of ether oxygens (including phenoxy) is 2. The Labute approximate surface area is 383 Å². The Hall–Kier alpha value is -8.03. The number of fused-ring (bicyclic) bond motifs is 8. The van der Waals surface area contributed by atoms with Gasteiger partial charge in [-0.05, 0) is 79.0 Å². The second kappa shape index (κ2) is 19.4. The maximum Gasteiger partial charge on any atom is 0.226 e. The van der Waals surface area contributed by atoms with E-state index >= 15 is 0 Å². The van der Waals surface area contributed by atoms with Crippen molar-refractivity contribution in [3.05, 3.63) is 142 Å². The number of para-hydroxylation sites is 2. The van der Waals surface area contributed by atoms with Gasteiger partial charge < -0.3 is 25.8 Å². The molecule has 2 aliphatic heterocycles. The lowest BCUT2D eigenvalue weighted by atomic mass is 10.1. The fourth-order valence-electron chi connectivity index (χ4n) is 7.99. The Morgan fingerprint density at radius 3 is 2.15 bits per heavy atom. The number of benzene rings is 3. The molecule has 9 aromatic rings. The number of halogens is 1. The van der Waals surface area contributed by atoms with E-state index in [1.807, 2.05) is 60.9 Å². The highest BCUT2D eigenvalue weighted by molar-refractivity contribution is 6.16. The van der Waals surface area contributed by atoms with Crippen molar-refractivity contribution >= 4 is 56.6 Å². The summed E-state index contributed by atoms with van der Waals surface area (Å²) in [5, 5.41) is 35.8. The summed E-state index contributed by atoms with van der Waals surface area (Å²) < 4.78 is 13.9. The Kier molecular flexibility index (Phi) is 12.7. The van der Waals surface area contributed by atoms with Crippen LogP contribution in [-0.4, -0.2) is 81.3 Å². The average molecular weight is 899 g/mol. The summed E-state index contributed by atoms with van der Waals surface area (Å²) in [6.07, 6.45) is 5.78. The van der Waals surface area contributed by atoms with Crippen LogP contribution in [-0.2, 0) is 44.9 Å². The van der Waals surface area contributed by atoms with Crippen LogP contribution in [0.3, 0.4) is 0 Å². The van der Waals surface area contributed by atoms with Crippen LogP contribution in [0, 0.1) is 22.7 Å².